The molecule has 0 N–H and O–H groups in total. The van der Waals surface area contributed by atoms with Crippen molar-refractivity contribution in [3.05, 3.63) is 11.8 Å². The molecule has 2 fully saturated rings. The van der Waals surface area contributed by atoms with Gasteiger partial charge in [-0.1, -0.05) is 26.2 Å². The zero-order chi connectivity index (χ0) is 14.7. The second-order valence-corrected chi connectivity index (χ2v) is 6.37. The molecule has 3 rings (SSSR count). The summed E-state index contributed by atoms with van der Waals surface area (Å²) in [6, 6.07) is 0.188. The summed E-state index contributed by atoms with van der Waals surface area (Å²) in [5, 5.41) is 8.29. The fraction of sp³-hybridized carbons (Fsp3) is 0.875. The molecule has 1 aliphatic heterocycles. The first-order valence-electron chi connectivity index (χ1n) is 8.46. The van der Waals surface area contributed by atoms with E-state index in [1.54, 1.807) is 0 Å². The number of ether oxygens (including phenoxy) is 1. The zero-order valence-electron chi connectivity index (χ0n) is 13.3. The molecule has 0 amide bonds. The van der Waals surface area contributed by atoms with Gasteiger partial charge in [-0.2, -0.15) is 0 Å². The molecule has 2 atom stereocenters. The average molecular weight is 293 g/mol. The highest BCUT2D eigenvalue weighted by Crippen LogP contribution is 2.31. The minimum absolute atomic E-state index is 0.188. The molecule has 1 aromatic rings. The van der Waals surface area contributed by atoms with Crippen molar-refractivity contribution in [1.29, 1.82) is 0 Å². The summed E-state index contributed by atoms with van der Waals surface area (Å²) < 4.78 is 11.8. The Morgan fingerprint density at radius 2 is 2.05 bits per heavy atom. The summed E-state index contributed by atoms with van der Waals surface area (Å²) in [4.78, 5) is 2.44. The van der Waals surface area contributed by atoms with E-state index >= 15 is 0 Å². The lowest BCUT2D eigenvalue weighted by molar-refractivity contribution is -0.0772. The highest BCUT2D eigenvalue weighted by atomic mass is 16.5. The van der Waals surface area contributed by atoms with Crippen LogP contribution in [0.3, 0.4) is 0 Å². The number of morpholine rings is 1. The lowest BCUT2D eigenvalue weighted by Crippen LogP contribution is -2.47. The van der Waals surface area contributed by atoms with E-state index in [0.29, 0.717) is 6.10 Å². The predicted molar refractivity (Wildman–Crippen MR) is 80.0 cm³/mol. The summed E-state index contributed by atoms with van der Waals surface area (Å²) in [7, 11) is 0. The van der Waals surface area contributed by atoms with Gasteiger partial charge >= 0.3 is 0 Å². The van der Waals surface area contributed by atoms with E-state index < -0.39 is 0 Å². The van der Waals surface area contributed by atoms with E-state index in [0.717, 1.165) is 43.8 Å². The standard InChI is InChI=1S/C16H27N3O2/c1-3-15-17-18-16(21-15)12(2)19-9-10-20-14(11-19)13-7-5-4-6-8-13/h12-14H,3-11H2,1-2H3. The molecule has 0 radical (unpaired) electrons. The van der Waals surface area contributed by atoms with Gasteiger partial charge in [0.1, 0.15) is 0 Å². The molecule has 21 heavy (non-hydrogen) atoms. The van der Waals surface area contributed by atoms with Crippen LogP contribution in [0.1, 0.15) is 63.8 Å². The normalized spacial score (nSPS) is 26.9. The van der Waals surface area contributed by atoms with Crippen LogP contribution >= 0.6 is 0 Å². The zero-order valence-corrected chi connectivity index (χ0v) is 13.3. The molecule has 1 saturated heterocycles. The maximum absolute atomic E-state index is 6.05. The van der Waals surface area contributed by atoms with E-state index in [9.17, 15) is 0 Å². The molecule has 0 aromatic carbocycles. The van der Waals surface area contributed by atoms with Crippen molar-refractivity contribution in [2.75, 3.05) is 19.7 Å². The number of hydrogen-bond donors (Lipinski definition) is 0. The lowest BCUT2D eigenvalue weighted by Gasteiger charge is -2.40. The molecule has 0 spiro atoms. The van der Waals surface area contributed by atoms with E-state index in [4.69, 9.17) is 9.15 Å². The van der Waals surface area contributed by atoms with Crippen molar-refractivity contribution in [3.8, 4) is 0 Å². The van der Waals surface area contributed by atoms with Crippen LogP contribution in [-0.2, 0) is 11.2 Å². The van der Waals surface area contributed by atoms with Gasteiger partial charge in [0.2, 0.25) is 11.8 Å². The first kappa shape index (κ1) is 15.0. The number of nitrogens with zero attached hydrogens (tertiary/aromatic N) is 3. The first-order chi connectivity index (χ1) is 10.3. The second kappa shape index (κ2) is 6.88. The van der Waals surface area contributed by atoms with Gasteiger partial charge in [0, 0.05) is 19.5 Å². The molecule has 0 bridgehead atoms. The fourth-order valence-corrected chi connectivity index (χ4v) is 3.57. The maximum Gasteiger partial charge on any atom is 0.233 e. The average Bonchev–Trinajstić information content (AvgIpc) is 3.04. The Hall–Kier alpha value is -0.940. The summed E-state index contributed by atoms with van der Waals surface area (Å²) >= 11 is 0. The molecule has 1 aromatic heterocycles. The molecule has 2 aliphatic rings. The Labute approximate surface area is 127 Å². The lowest BCUT2D eigenvalue weighted by atomic mass is 9.84. The molecule has 1 aliphatic carbocycles. The van der Waals surface area contributed by atoms with Gasteiger partial charge in [-0.25, -0.2) is 0 Å². The Kier molecular flexibility index (Phi) is 4.91. The van der Waals surface area contributed by atoms with Crippen molar-refractivity contribution in [3.63, 3.8) is 0 Å². The van der Waals surface area contributed by atoms with Gasteiger partial charge in [0.15, 0.2) is 0 Å². The van der Waals surface area contributed by atoms with Gasteiger partial charge in [-0.05, 0) is 25.7 Å². The van der Waals surface area contributed by atoms with Crippen molar-refractivity contribution >= 4 is 0 Å². The highest BCUT2D eigenvalue weighted by molar-refractivity contribution is 4.92. The summed E-state index contributed by atoms with van der Waals surface area (Å²) in [6.07, 6.45) is 7.96. The number of rotatable bonds is 4. The Balaban J connectivity index is 1.61. The third-order valence-corrected chi connectivity index (χ3v) is 4.99. The van der Waals surface area contributed by atoms with Crippen LogP contribution in [-0.4, -0.2) is 40.9 Å². The molecule has 2 heterocycles. The Morgan fingerprint density at radius 3 is 2.76 bits per heavy atom. The number of aryl methyl sites for hydroxylation is 1. The highest BCUT2D eigenvalue weighted by Gasteiger charge is 2.32. The third-order valence-electron chi connectivity index (χ3n) is 4.99. The van der Waals surface area contributed by atoms with Crippen molar-refractivity contribution < 1.29 is 9.15 Å². The van der Waals surface area contributed by atoms with Gasteiger partial charge in [-0.3, -0.25) is 4.90 Å². The summed E-state index contributed by atoms with van der Waals surface area (Å²) in [5.41, 5.74) is 0. The van der Waals surface area contributed by atoms with E-state index in [2.05, 4.69) is 22.0 Å². The minimum Gasteiger partial charge on any atom is -0.424 e. The minimum atomic E-state index is 0.188. The molecule has 5 nitrogen and oxygen atoms in total. The van der Waals surface area contributed by atoms with E-state index in [-0.39, 0.29) is 6.04 Å². The van der Waals surface area contributed by atoms with Crippen molar-refractivity contribution in [2.24, 2.45) is 5.92 Å². The fourth-order valence-electron chi connectivity index (χ4n) is 3.57. The molecular weight excluding hydrogens is 266 g/mol. The van der Waals surface area contributed by atoms with Crippen LogP contribution in [0, 0.1) is 5.92 Å². The van der Waals surface area contributed by atoms with Gasteiger partial charge in [0.05, 0.1) is 18.8 Å². The van der Waals surface area contributed by atoms with Crippen LogP contribution in [0.15, 0.2) is 4.42 Å². The van der Waals surface area contributed by atoms with Gasteiger partial charge in [0.25, 0.3) is 0 Å². The van der Waals surface area contributed by atoms with Gasteiger partial charge < -0.3 is 9.15 Å². The maximum atomic E-state index is 6.05. The number of hydrogen-bond acceptors (Lipinski definition) is 5. The van der Waals surface area contributed by atoms with Crippen LogP contribution in [0.5, 0.6) is 0 Å². The molecule has 1 saturated carbocycles. The van der Waals surface area contributed by atoms with Crippen molar-refractivity contribution in [1.82, 2.24) is 15.1 Å². The first-order valence-corrected chi connectivity index (χ1v) is 8.46. The van der Waals surface area contributed by atoms with Gasteiger partial charge in [-0.15, -0.1) is 10.2 Å². The molecular formula is C16H27N3O2. The largest absolute Gasteiger partial charge is 0.424 e. The summed E-state index contributed by atoms with van der Waals surface area (Å²) in [6.45, 7) is 6.97. The van der Waals surface area contributed by atoms with Crippen LogP contribution in [0.4, 0.5) is 0 Å². The monoisotopic (exact) mass is 293 g/mol. The molecule has 118 valence electrons. The predicted octanol–water partition coefficient (Wildman–Crippen LogP) is 2.97. The van der Waals surface area contributed by atoms with E-state index in [1.165, 1.54) is 32.1 Å². The smallest absolute Gasteiger partial charge is 0.233 e. The third kappa shape index (κ3) is 3.46. The Bertz CT molecular complexity index is 442. The quantitative estimate of drug-likeness (QED) is 0.854. The summed E-state index contributed by atoms with van der Waals surface area (Å²) in [5.74, 6) is 2.22. The van der Waals surface area contributed by atoms with E-state index in [1.807, 2.05) is 6.92 Å². The van der Waals surface area contributed by atoms with Crippen LogP contribution in [0.2, 0.25) is 0 Å². The molecule has 2 unspecified atom stereocenters. The topological polar surface area (TPSA) is 51.4 Å². The van der Waals surface area contributed by atoms with Crippen LogP contribution in [0.25, 0.3) is 0 Å². The molecule has 5 heteroatoms. The van der Waals surface area contributed by atoms with Crippen LogP contribution < -0.4 is 0 Å². The Morgan fingerprint density at radius 1 is 1.24 bits per heavy atom. The SMILES string of the molecule is CCc1nnc(C(C)N2CCOC(C3CCCCC3)C2)o1. The second-order valence-electron chi connectivity index (χ2n) is 6.37. The number of aromatic nitrogens is 2. The van der Waals surface area contributed by atoms with Crippen molar-refractivity contribution in [2.45, 2.75) is 64.5 Å².